The van der Waals surface area contributed by atoms with Crippen molar-refractivity contribution in [2.24, 2.45) is 5.73 Å². The summed E-state index contributed by atoms with van der Waals surface area (Å²) in [5.41, 5.74) is 5.34. The minimum atomic E-state index is -4.37. The Morgan fingerprint density at radius 1 is 0.569 bits per heavy atom. The highest BCUT2D eigenvalue weighted by Gasteiger charge is 2.26. The molecular formula is C41H78NO8P. The Balaban J connectivity index is 4.17. The molecule has 0 bridgehead atoms. The van der Waals surface area contributed by atoms with Gasteiger partial charge in [-0.3, -0.25) is 18.6 Å². The van der Waals surface area contributed by atoms with Crippen molar-refractivity contribution in [3.8, 4) is 0 Å². The van der Waals surface area contributed by atoms with Gasteiger partial charge in [0.2, 0.25) is 0 Å². The van der Waals surface area contributed by atoms with Crippen LogP contribution in [0.1, 0.15) is 194 Å². The molecule has 0 fully saturated rings. The first-order chi connectivity index (χ1) is 24.8. The number of nitrogens with two attached hydrogens (primary N) is 1. The molecule has 0 heterocycles. The number of phosphoric acid groups is 1. The third kappa shape index (κ3) is 38.0. The summed E-state index contributed by atoms with van der Waals surface area (Å²) in [6.45, 7) is 3.70. The van der Waals surface area contributed by atoms with Crippen LogP contribution in [0.15, 0.2) is 24.3 Å². The van der Waals surface area contributed by atoms with Gasteiger partial charge in [-0.25, -0.2) is 4.57 Å². The molecule has 3 N–H and O–H groups in total. The first-order valence-electron chi connectivity index (χ1n) is 20.8. The molecule has 10 heteroatoms. The lowest BCUT2D eigenvalue weighted by molar-refractivity contribution is -0.161. The van der Waals surface area contributed by atoms with E-state index in [0.717, 1.165) is 64.2 Å². The minimum Gasteiger partial charge on any atom is -0.462 e. The maximum Gasteiger partial charge on any atom is 0.472 e. The quantitative estimate of drug-likeness (QED) is 0.0273. The molecule has 0 saturated carbocycles. The number of allylic oxidation sites excluding steroid dienone is 4. The summed E-state index contributed by atoms with van der Waals surface area (Å²) in [6, 6.07) is 0. The highest BCUT2D eigenvalue weighted by atomic mass is 31.2. The third-order valence-electron chi connectivity index (χ3n) is 8.81. The number of ether oxygens (including phenoxy) is 2. The fourth-order valence-corrected chi connectivity index (χ4v) is 6.45. The van der Waals surface area contributed by atoms with E-state index in [1.165, 1.54) is 96.3 Å². The van der Waals surface area contributed by atoms with Crippen LogP contribution in [0, 0.1) is 0 Å². The standard InChI is InChI=1S/C41H78NO8P/c1-3-5-7-9-11-13-15-17-18-19-20-22-23-25-27-29-31-33-40(43)47-37-39(38-49-51(45,46)48-36-35-42)50-41(44)34-32-30-28-26-24-21-16-14-12-10-8-6-4-2/h14,16-18,39H,3-13,15,19-38,42H2,1-2H3,(H,45,46). The highest BCUT2D eigenvalue weighted by Crippen LogP contribution is 2.43. The fourth-order valence-electron chi connectivity index (χ4n) is 5.68. The zero-order chi connectivity index (χ0) is 37.5. The van der Waals surface area contributed by atoms with Crippen LogP contribution in [0.25, 0.3) is 0 Å². The smallest absolute Gasteiger partial charge is 0.462 e. The second-order valence-corrected chi connectivity index (χ2v) is 15.3. The lowest BCUT2D eigenvalue weighted by atomic mass is 10.1. The highest BCUT2D eigenvalue weighted by molar-refractivity contribution is 7.47. The molecule has 0 spiro atoms. The molecule has 0 aliphatic rings. The van der Waals surface area contributed by atoms with Gasteiger partial charge in [-0.05, 0) is 64.2 Å². The van der Waals surface area contributed by atoms with Crippen molar-refractivity contribution in [2.45, 2.75) is 200 Å². The summed E-state index contributed by atoms with van der Waals surface area (Å²) in [7, 11) is -4.37. The van der Waals surface area contributed by atoms with Crippen molar-refractivity contribution in [1.82, 2.24) is 0 Å². The van der Waals surface area contributed by atoms with Crippen molar-refractivity contribution in [1.29, 1.82) is 0 Å². The van der Waals surface area contributed by atoms with Crippen LogP contribution in [0.3, 0.4) is 0 Å². The molecule has 0 radical (unpaired) electrons. The molecule has 0 aromatic rings. The van der Waals surface area contributed by atoms with Gasteiger partial charge in [0.25, 0.3) is 0 Å². The van der Waals surface area contributed by atoms with E-state index in [1.54, 1.807) is 0 Å². The average molecular weight is 744 g/mol. The van der Waals surface area contributed by atoms with E-state index >= 15 is 0 Å². The van der Waals surface area contributed by atoms with Gasteiger partial charge in [-0.1, -0.05) is 141 Å². The molecule has 0 aromatic heterocycles. The van der Waals surface area contributed by atoms with Gasteiger partial charge in [0.05, 0.1) is 13.2 Å². The van der Waals surface area contributed by atoms with Crippen LogP contribution < -0.4 is 5.73 Å². The molecule has 9 nitrogen and oxygen atoms in total. The Morgan fingerprint density at radius 3 is 1.41 bits per heavy atom. The largest absolute Gasteiger partial charge is 0.472 e. The second kappa shape index (κ2) is 38.2. The van der Waals surface area contributed by atoms with Gasteiger partial charge in [-0.2, -0.15) is 0 Å². The summed E-state index contributed by atoms with van der Waals surface area (Å²) in [5, 5.41) is 0. The van der Waals surface area contributed by atoms with Gasteiger partial charge in [-0.15, -0.1) is 0 Å². The fraction of sp³-hybridized carbons (Fsp3) is 0.854. The molecule has 0 amide bonds. The van der Waals surface area contributed by atoms with E-state index in [2.05, 4.69) is 38.2 Å². The maximum atomic E-state index is 12.5. The number of phosphoric ester groups is 1. The molecule has 0 aliphatic heterocycles. The van der Waals surface area contributed by atoms with Crippen molar-refractivity contribution in [2.75, 3.05) is 26.4 Å². The Hall–Kier alpha value is -1.51. The first-order valence-corrected chi connectivity index (χ1v) is 22.3. The first kappa shape index (κ1) is 49.5. The van der Waals surface area contributed by atoms with Crippen LogP contribution in [-0.2, 0) is 32.7 Å². The molecule has 300 valence electrons. The average Bonchev–Trinajstić information content (AvgIpc) is 3.11. The van der Waals surface area contributed by atoms with Crippen molar-refractivity contribution < 1.29 is 37.6 Å². The van der Waals surface area contributed by atoms with Gasteiger partial charge in [0.15, 0.2) is 6.10 Å². The van der Waals surface area contributed by atoms with Crippen LogP contribution >= 0.6 is 7.82 Å². The monoisotopic (exact) mass is 744 g/mol. The third-order valence-corrected chi connectivity index (χ3v) is 9.79. The number of unbranched alkanes of at least 4 members (excludes halogenated alkanes) is 22. The van der Waals surface area contributed by atoms with E-state index < -0.39 is 26.5 Å². The molecule has 2 unspecified atom stereocenters. The van der Waals surface area contributed by atoms with Crippen LogP contribution in [0.4, 0.5) is 0 Å². The van der Waals surface area contributed by atoms with Gasteiger partial charge in [0, 0.05) is 19.4 Å². The SMILES string of the molecule is CCCCCCC=CCCCCCCCC(=O)OC(COC(=O)CCCCCCCCCC=CCCCCCCCC)COP(=O)(O)OCCN. The van der Waals surface area contributed by atoms with Gasteiger partial charge < -0.3 is 20.1 Å². The van der Waals surface area contributed by atoms with E-state index in [-0.39, 0.29) is 38.6 Å². The zero-order valence-corrected chi connectivity index (χ0v) is 33.7. The number of rotatable bonds is 39. The van der Waals surface area contributed by atoms with E-state index in [4.69, 9.17) is 24.3 Å². The van der Waals surface area contributed by atoms with E-state index in [0.29, 0.717) is 6.42 Å². The summed E-state index contributed by atoms with van der Waals surface area (Å²) in [6.07, 6.45) is 39.2. The topological polar surface area (TPSA) is 134 Å². The van der Waals surface area contributed by atoms with Crippen molar-refractivity contribution >= 4 is 19.8 Å². The Kier molecular flexibility index (Phi) is 37.1. The van der Waals surface area contributed by atoms with Crippen molar-refractivity contribution in [3.05, 3.63) is 24.3 Å². The summed E-state index contributed by atoms with van der Waals surface area (Å²) in [4.78, 5) is 34.8. The molecule has 0 rings (SSSR count). The molecule has 0 aliphatic carbocycles. The Bertz CT molecular complexity index is 897. The predicted molar refractivity (Wildman–Crippen MR) is 211 cm³/mol. The normalized spacial score (nSPS) is 13.6. The number of hydrogen-bond donors (Lipinski definition) is 2. The lowest BCUT2D eigenvalue weighted by Gasteiger charge is -2.19. The van der Waals surface area contributed by atoms with E-state index in [1.807, 2.05) is 0 Å². The molecule has 0 saturated heterocycles. The number of esters is 2. The summed E-state index contributed by atoms with van der Waals surface area (Å²) >= 11 is 0. The molecule has 2 atom stereocenters. The lowest BCUT2D eigenvalue weighted by Crippen LogP contribution is -2.29. The van der Waals surface area contributed by atoms with Crippen molar-refractivity contribution in [3.63, 3.8) is 0 Å². The van der Waals surface area contributed by atoms with Crippen LogP contribution in [0.2, 0.25) is 0 Å². The molecule has 51 heavy (non-hydrogen) atoms. The molecule has 0 aromatic carbocycles. The summed E-state index contributed by atoms with van der Waals surface area (Å²) < 4.78 is 32.7. The number of carbonyl (C=O) groups excluding carboxylic acids is 2. The second-order valence-electron chi connectivity index (χ2n) is 13.8. The minimum absolute atomic E-state index is 0.0523. The zero-order valence-electron chi connectivity index (χ0n) is 32.8. The van der Waals surface area contributed by atoms with Gasteiger partial charge in [0.1, 0.15) is 6.61 Å². The maximum absolute atomic E-state index is 12.5. The number of hydrogen-bond acceptors (Lipinski definition) is 8. The predicted octanol–water partition coefficient (Wildman–Crippen LogP) is 11.6. The van der Waals surface area contributed by atoms with E-state index in [9.17, 15) is 19.0 Å². The Labute approximate surface area is 312 Å². The van der Waals surface area contributed by atoms with Crippen LogP contribution in [-0.4, -0.2) is 49.3 Å². The molecular weight excluding hydrogens is 665 g/mol. The number of carbonyl (C=O) groups is 2. The van der Waals surface area contributed by atoms with Crippen LogP contribution in [0.5, 0.6) is 0 Å². The van der Waals surface area contributed by atoms with Gasteiger partial charge >= 0.3 is 19.8 Å². The Morgan fingerprint density at radius 2 is 0.961 bits per heavy atom. The summed E-state index contributed by atoms with van der Waals surface area (Å²) in [5.74, 6) is -0.841.